The van der Waals surface area contributed by atoms with Gasteiger partial charge in [0.1, 0.15) is 0 Å². The number of aliphatic hydroxyl groups excluding tert-OH is 1. The molecule has 0 spiro atoms. The number of likely N-dealkylation sites (tertiary alicyclic amines) is 1. The van der Waals surface area contributed by atoms with E-state index in [0.717, 1.165) is 25.6 Å². The average Bonchev–Trinajstić information content (AvgIpc) is 2.39. The summed E-state index contributed by atoms with van der Waals surface area (Å²) in [5.74, 6) is 0.933. The summed E-state index contributed by atoms with van der Waals surface area (Å²) in [6, 6.07) is 0.0981. The third-order valence-corrected chi connectivity index (χ3v) is 4.03. The molecule has 0 aliphatic carbocycles. The molecule has 5 heteroatoms. The van der Waals surface area contributed by atoms with Crippen molar-refractivity contribution in [2.24, 2.45) is 5.92 Å². The van der Waals surface area contributed by atoms with Gasteiger partial charge in [-0.2, -0.15) is 0 Å². The molecule has 1 rings (SSSR count). The highest BCUT2D eigenvalue weighted by Gasteiger charge is 2.19. The minimum atomic E-state index is -0.361. The number of hydrogen-bond acceptors (Lipinski definition) is 4. The molecule has 1 saturated heterocycles. The SMILES string of the molecule is CC1CCN(CC(O)CNC(C)CC(=O)N(C)C)CC1. The molecule has 0 aromatic heterocycles. The van der Waals surface area contributed by atoms with Gasteiger partial charge in [0.2, 0.25) is 5.91 Å². The molecule has 0 radical (unpaired) electrons. The summed E-state index contributed by atoms with van der Waals surface area (Å²) in [4.78, 5) is 15.5. The summed E-state index contributed by atoms with van der Waals surface area (Å²) in [6.07, 6.45) is 2.57. The van der Waals surface area contributed by atoms with Crippen LogP contribution in [0.1, 0.15) is 33.1 Å². The number of β-amino-alcohol motifs (C(OH)–C–C–N with tert-alkyl or cyclic N) is 1. The van der Waals surface area contributed by atoms with Gasteiger partial charge in [-0.05, 0) is 38.8 Å². The molecule has 0 bridgehead atoms. The zero-order valence-corrected chi connectivity index (χ0v) is 13.4. The fraction of sp³-hybridized carbons (Fsp3) is 0.933. The van der Waals surface area contributed by atoms with Crippen molar-refractivity contribution in [1.29, 1.82) is 0 Å². The zero-order chi connectivity index (χ0) is 15.1. The van der Waals surface area contributed by atoms with Gasteiger partial charge in [-0.1, -0.05) is 6.92 Å². The molecule has 0 aromatic carbocycles. The summed E-state index contributed by atoms with van der Waals surface area (Å²) in [6.45, 7) is 7.73. The van der Waals surface area contributed by atoms with Gasteiger partial charge in [0.15, 0.2) is 0 Å². The van der Waals surface area contributed by atoms with Crippen molar-refractivity contribution in [3.8, 4) is 0 Å². The van der Waals surface area contributed by atoms with Crippen LogP contribution >= 0.6 is 0 Å². The van der Waals surface area contributed by atoms with Crippen molar-refractivity contribution in [1.82, 2.24) is 15.1 Å². The molecular formula is C15H31N3O2. The van der Waals surface area contributed by atoms with E-state index in [0.29, 0.717) is 13.0 Å². The van der Waals surface area contributed by atoms with E-state index in [1.165, 1.54) is 12.8 Å². The molecule has 1 fully saturated rings. The summed E-state index contributed by atoms with van der Waals surface area (Å²) in [5.41, 5.74) is 0. The molecule has 0 aromatic rings. The summed E-state index contributed by atoms with van der Waals surface area (Å²) in [5, 5.41) is 13.3. The van der Waals surface area contributed by atoms with E-state index in [1.807, 2.05) is 6.92 Å². The van der Waals surface area contributed by atoms with Crippen LogP contribution in [0.4, 0.5) is 0 Å². The maximum Gasteiger partial charge on any atom is 0.223 e. The number of aliphatic hydroxyl groups is 1. The summed E-state index contributed by atoms with van der Waals surface area (Å²) >= 11 is 0. The molecule has 2 atom stereocenters. The van der Waals surface area contributed by atoms with E-state index in [2.05, 4.69) is 17.1 Å². The molecule has 0 saturated carbocycles. The lowest BCUT2D eigenvalue weighted by molar-refractivity contribution is -0.129. The van der Waals surface area contributed by atoms with Gasteiger partial charge in [0, 0.05) is 39.6 Å². The second-order valence-electron chi connectivity index (χ2n) is 6.44. The number of nitrogens with zero attached hydrogens (tertiary/aromatic N) is 2. The number of nitrogens with one attached hydrogen (secondary N) is 1. The van der Waals surface area contributed by atoms with Crippen molar-refractivity contribution < 1.29 is 9.90 Å². The van der Waals surface area contributed by atoms with Crippen LogP contribution < -0.4 is 5.32 Å². The van der Waals surface area contributed by atoms with Gasteiger partial charge >= 0.3 is 0 Å². The Morgan fingerprint density at radius 3 is 2.55 bits per heavy atom. The fourth-order valence-electron chi connectivity index (χ4n) is 2.46. The Balaban J connectivity index is 2.16. The Bertz CT molecular complexity index is 289. The Labute approximate surface area is 123 Å². The van der Waals surface area contributed by atoms with Crippen molar-refractivity contribution in [3.05, 3.63) is 0 Å². The Hall–Kier alpha value is -0.650. The largest absolute Gasteiger partial charge is 0.390 e. The van der Waals surface area contributed by atoms with Gasteiger partial charge in [-0.3, -0.25) is 4.79 Å². The minimum absolute atomic E-state index is 0.0981. The van der Waals surface area contributed by atoms with E-state index in [4.69, 9.17) is 0 Å². The number of carbonyl (C=O) groups excluding carboxylic acids is 1. The van der Waals surface area contributed by atoms with E-state index in [1.54, 1.807) is 19.0 Å². The number of amides is 1. The topological polar surface area (TPSA) is 55.8 Å². The number of piperidine rings is 1. The molecule has 1 amide bonds. The molecule has 20 heavy (non-hydrogen) atoms. The second kappa shape index (κ2) is 8.60. The molecule has 2 unspecified atom stereocenters. The molecular weight excluding hydrogens is 254 g/mol. The minimum Gasteiger partial charge on any atom is -0.390 e. The predicted octanol–water partition coefficient (Wildman–Crippen LogP) is 0.536. The van der Waals surface area contributed by atoms with E-state index < -0.39 is 0 Å². The zero-order valence-electron chi connectivity index (χ0n) is 13.4. The normalized spacial score (nSPS) is 20.6. The first kappa shape index (κ1) is 17.4. The lowest BCUT2D eigenvalue weighted by Gasteiger charge is -2.32. The predicted molar refractivity (Wildman–Crippen MR) is 81.6 cm³/mol. The average molecular weight is 285 g/mol. The molecule has 2 N–H and O–H groups in total. The standard InChI is InChI=1S/C15H31N3O2/c1-12-5-7-18(8-6-12)11-14(19)10-16-13(2)9-15(20)17(3)4/h12-14,16,19H,5-11H2,1-4H3. The van der Waals surface area contributed by atoms with E-state index in [9.17, 15) is 9.90 Å². The Kier molecular flexibility index (Phi) is 7.48. The molecule has 1 aliphatic rings. The third kappa shape index (κ3) is 6.68. The van der Waals surface area contributed by atoms with Gasteiger partial charge < -0.3 is 20.2 Å². The molecule has 1 aliphatic heterocycles. The van der Waals surface area contributed by atoms with Gasteiger partial charge in [0.05, 0.1) is 6.10 Å². The maximum absolute atomic E-state index is 11.6. The van der Waals surface area contributed by atoms with E-state index >= 15 is 0 Å². The monoisotopic (exact) mass is 285 g/mol. The van der Waals surface area contributed by atoms with Crippen LogP contribution in [-0.2, 0) is 4.79 Å². The highest BCUT2D eigenvalue weighted by atomic mass is 16.3. The van der Waals surface area contributed by atoms with Crippen molar-refractivity contribution in [2.75, 3.05) is 40.3 Å². The highest BCUT2D eigenvalue weighted by molar-refractivity contribution is 5.76. The summed E-state index contributed by atoms with van der Waals surface area (Å²) in [7, 11) is 3.53. The van der Waals surface area contributed by atoms with Crippen LogP contribution in [0, 0.1) is 5.92 Å². The third-order valence-electron chi connectivity index (χ3n) is 4.03. The van der Waals surface area contributed by atoms with Crippen LogP contribution in [0.15, 0.2) is 0 Å². The lowest BCUT2D eigenvalue weighted by Crippen LogP contribution is -2.44. The summed E-state index contributed by atoms with van der Waals surface area (Å²) < 4.78 is 0. The van der Waals surface area contributed by atoms with Crippen molar-refractivity contribution in [2.45, 2.75) is 45.3 Å². The molecule has 118 valence electrons. The first-order valence-electron chi connectivity index (χ1n) is 7.72. The number of hydrogen-bond donors (Lipinski definition) is 2. The van der Waals surface area contributed by atoms with Gasteiger partial charge in [-0.15, -0.1) is 0 Å². The Morgan fingerprint density at radius 2 is 2.00 bits per heavy atom. The smallest absolute Gasteiger partial charge is 0.223 e. The van der Waals surface area contributed by atoms with Gasteiger partial charge in [0.25, 0.3) is 0 Å². The second-order valence-corrected chi connectivity index (χ2v) is 6.44. The van der Waals surface area contributed by atoms with Crippen molar-refractivity contribution >= 4 is 5.91 Å². The highest BCUT2D eigenvalue weighted by Crippen LogP contribution is 2.15. The maximum atomic E-state index is 11.6. The first-order valence-corrected chi connectivity index (χ1v) is 7.72. The van der Waals surface area contributed by atoms with Crippen LogP contribution in [0.25, 0.3) is 0 Å². The van der Waals surface area contributed by atoms with Crippen LogP contribution in [-0.4, -0.2) is 73.2 Å². The molecule has 5 nitrogen and oxygen atoms in total. The molecule has 1 heterocycles. The van der Waals surface area contributed by atoms with Crippen molar-refractivity contribution in [3.63, 3.8) is 0 Å². The number of rotatable bonds is 7. The fourth-order valence-corrected chi connectivity index (χ4v) is 2.46. The van der Waals surface area contributed by atoms with Crippen LogP contribution in [0.2, 0.25) is 0 Å². The lowest BCUT2D eigenvalue weighted by atomic mass is 9.99. The quantitative estimate of drug-likeness (QED) is 0.717. The van der Waals surface area contributed by atoms with Crippen LogP contribution in [0.5, 0.6) is 0 Å². The van der Waals surface area contributed by atoms with Crippen LogP contribution in [0.3, 0.4) is 0 Å². The Morgan fingerprint density at radius 1 is 1.40 bits per heavy atom. The van der Waals surface area contributed by atoms with E-state index in [-0.39, 0.29) is 18.1 Å². The first-order chi connectivity index (χ1) is 9.38. The number of carbonyl (C=O) groups is 1. The van der Waals surface area contributed by atoms with Gasteiger partial charge in [-0.25, -0.2) is 0 Å².